The number of ether oxygens (including phenoxy) is 3. The normalized spacial score (nSPS) is 14.3. The zero-order valence-corrected chi connectivity index (χ0v) is 38.5. The van der Waals surface area contributed by atoms with Gasteiger partial charge in [0.25, 0.3) is 11.8 Å². The van der Waals surface area contributed by atoms with Crippen molar-refractivity contribution in [2.45, 2.75) is 50.8 Å². The molecular formula is C46H45F2N9O10S2. The number of nitriles is 1. The molecule has 69 heavy (non-hydrogen) atoms. The number of Topliss-reactive ketones (excluding diaryl/α,β-unsaturated/α-hetero) is 1. The predicted molar refractivity (Wildman–Crippen MR) is 249 cm³/mol. The lowest BCUT2D eigenvalue weighted by Crippen LogP contribution is -2.43. The van der Waals surface area contributed by atoms with E-state index in [-0.39, 0.29) is 56.0 Å². The van der Waals surface area contributed by atoms with Crippen LogP contribution in [-0.4, -0.2) is 116 Å². The van der Waals surface area contributed by atoms with Crippen LogP contribution in [0.2, 0.25) is 0 Å². The highest BCUT2D eigenvalue weighted by Gasteiger charge is 2.47. The predicted octanol–water partition coefficient (Wildman–Crippen LogP) is 5.63. The zero-order valence-electron chi connectivity index (χ0n) is 36.9. The molecule has 19 nitrogen and oxygen atoms in total. The Morgan fingerprint density at radius 2 is 1.71 bits per heavy atom. The molecule has 1 aromatic carbocycles. The van der Waals surface area contributed by atoms with Crippen molar-refractivity contribution in [2.24, 2.45) is 5.92 Å². The molecule has 0 aliphatic carbocycles. The summed E-state index contributed by atoms with van der Waals surface area (Å²) in [4.78, 5) is 92.3. The number of nitrogens with one attached hydrogen (secondary N) is 2. The van der Waals surface area contributed by atoms with Crippen molar-refractivity contribution >= 4 is 73.8 Å². The van der Waals surface area contributed by atoms with E-state index in [1.807, 2.05) is 30.3 Å². The fourth-order valence-corrected chi connectivity index (χ4v) is 9.09. The number of carboxylic acid groups (broad SMARTS) is 1. The molecule has 5 aromatic rings. The van der Waals surface area contributed by atoms with Crippen molar-refractivity contribution in [1.82, 2.24) is 35.5 Å². The van der Waals surface area contributed by atoms with E-state index in [0.29, 0.717) is 23.0 Å². The second-order valence-electron chi connectivity index (χ2n) is 15.4. The number of rotatable bonds is 22. The highest BCUT2D eigenvalue weighted by atomic mass is 33.1. The number of pyridine rings is 4. The van der Waals surface area contributed by atoms with Crippen LogP contribution in [0.5, 0.6) is 5.88 Å². The Bertz CT molecular complexity index is 2750. The summed E-state index contributed by atoms with van der Waals surface area (Å²) < 4.78 is 42.9. The first-order chi connectivity index (χ1) is 33.1. The monoisotopic (exact) mass is 985 g/mol. The smallest absolute Gasteiger partial charge is 0.481 e. The number of anilines is 1. The SMILES string of the molecule is COc1ncc(-c2ccc3nccc(-c4ccc(COC(=O)OCCSSCC(CC(=O)CCC(=O)NCc5cc(C(=O)NCC(=O)N6CC(F)(F)C[C@H]6C#N)ccn5)C(=O)O)nc4)c3c2)cc1N. The van der Waals surface area contributed by atoms with Crippen LogP contribution in [0.25, 0.3) is 33.2 Å². The molecule has 1 saturated heterocycles. The highest BCUT2D eigenvalue weighted by molar-refractivity contribution is 8.76. The number of carbonyl (C=O) groups is 6. The minimum absolute atomic E-state index is 0.0197. The van der Waals surface area contributed by atoms with Crippen molar-refractivity contribution < 1.29 is 56.9 Å². The number of nitrogens with two attached hydrogens (primary N) is 1. The Morgan fingerprint density at radius 3 is 2.45 bits per heavy atom. The largest absolute Gasteiger partial charge is 0.508 e. The molecule has 0 radical (unpaired) electrons. The van der Waals surface area contributed by atoms with Gasteiger partial charge < -0.3 is 40.6 Å². The summed E-state index contributed by atoms with van der Waals surface area (Å²) in [6.07, 6.45) is 3.93. The number of halogens is 2. The molecule has 4 aromatic heterocycles. The lowest BCUT2D eigenvalue weighted by molar-refractivity contribution is -0.142. The Labute approximate surface area is 401 Å². The average Bonchev–Trinajstić information content (AvgIpc) is 3.68. The molecular weight excluding hydrogens is 941 g/mol. The number of benzene rings is 1. The van der Waals surface area contributed by atoms with E-state index in [4.69, 9.17) is 25.2 Å². The summed E-state index contributed by atoms with van der Waals surface area (Å²) in [7, 11) is 3.95. The molecule has 0 saturated carbocycles. The van der Waals surface area contributed by atoms with Crippen LogP contribution in [-0.2, 0) is 41.8 Å². The molecule has 6 rings (SSSR count). The zero-order chi connectivity index (χ0) is 49.5. The number of alkyl halides is 2. The molecule has 360 valence electrons. The van der Waals surface area contributed by atoms with Gasteiger partial charge in [0.05, 0.1) is 61.3 Å². The number of ketones is 1. The Morgan fingerprint density at radius 1 is 0.928 bits per heavy atom. The fraction of sp³-hybridized carbons (Fsp3) is 0.326. The summed E-state index contributed by atoms with van der Waals surface area (Å²) >= 11 is 0. The number of aromatic nitrogens is 4. The number of carboxylic acids is 1. The number of carbonyl (C=O) groups excluding carboxylic acids is 5. The van der Waals surface area contributed by atoms with Crippen LogP contribution >= 0.6 is 21.6 Å². The van der Waals surface area contributed by atoms with Crippen LogP contribution < -0.4 is 21.1 Å². The Balaban J connectivity index is 0.846. The number of hydrogen-bond donors (Lipinski definition) is 4. The number of hydrogen-bond acceptors (Lipinski definition) is 17. The van der Waals surface area contributed by atoms with Crippen LogP contribution in [0, 0.1) is 17.2 Å². The second kappa shape index (κ2) is 24.0. The molecule has 5 heterocycles. The first-order valence-electron chi connectivity index (χ1n) is 21.1. The summed E-state index contributed by atoms with van der Waals surface area (Å²) in [6.45, 7) is -1.80. The van der Waals surface area contributed by atoms with E-state index in [0.717, 1.165) is 38.1 Å². The van der Waals surface area contributed by atoms with Crippen LogP contribution in [0.15, 0.2) is 79.4 Å². The Kier molecular flexibility index (Phi) is 17.7. The number of methoxy groups -OCH3 is 1. The minimum atomic E-state index is -3.20. The van der Waals surface area contributed by atoms with Gasteiger partial charge in [-0.3, -0.25) is 38.9 Å². The molecule has 1 aliphatic heterocycles. The molecule has 5 N–H and O–H groups in total. The van der Waals surface area contributed by atoms with E-state index in [9.17, 15) is 42.7 Å². The Hall–Kier alpha value is -7.45. The van der Waals surface area contributed by atoms with Gasteiger partial charge in [0.1, 0.15) is 25.0 Å². The number of nitrogen functional groups attached to an aromatic ring is 1. The lowest BCUT2D eigenvalue weighted by Gasteiger charge is -2.19. The third-order valence-electron chi connectivity index (χ3n) is 10.5. The number of fused-ring (bicyclic) bond motifs is 1. The summed E-state index contributed by atoms with van der Waals surface area (Å²) in [5, 5.41) is 24.6. The fourth-order valence-electron chi connectivity index (χ4n) is 6.96. The van der Waals surface area contributed by atoms with Gasteiger partial charge in [-0.05, 0) is 53.6 Å². The van der Waals surface area contributed by atoms with Crippen LogP contribution in [0.4, 0.5) is 19.3 Å². The maximum atomic E-state index is 13.7. The van der Waals surface area contributed by atoms with Crippen LogP contribution in [0.1, 0.15) is 47.4 Å². The average molecular weight is 986 g/mol. The molecule has 0 spiro atoms. The molecule has 1 fully saturated rings. The van der Waals surface area contributed by atoms with Crippen molar-refractivity contribution in [3.05, 3.63) is 96.3 Å². The molecule has 23 heteroatoms. The van der Waals surface area contributed by atoms with Gasteiger partial charge in [-0.15, -0.1) is 0 Å². The van der Waals surface area contributed by atoms with Gasteiger partial charge in [0.2, 0.25) is 17.7 Å². The van der Waals surface area contributed by atoms with E-state index < -0.39 is 73.0 Å². The number of nitrogens with zero attached hydrogens (tertiary/aromatic N) is 6. The third-order valence-corrected chi connectivity index (χ3v) is 12.9. The van der Waals surface area contributed by atoms with Crippen LogP contribution in [0.3, 0.4) is 0 Å². The maximum Gasteiger partial charge on any atom is 0.508 e. The standard InChI is InChI=1S/C46H45F2N9O10S2/c1-65-43-38(50)17-30(21-56-43)27-3-6-39-37(16-27)36(9-11-52-39)29-2-4-32(53-20-29)24-67-45(64)66-12-13-68-69-25-31(44(62)63)15-35(58)5-7-40(59)54-22-33-14-28(8-10-51-33)42(61)55-23-41(60)57-26-46(47,48)18-34(57)19-49/h2-4,6,8-11,14,16-17,20-21,31,34H,5,7,12-13,15,18,22-26,50H2,1H3,(H,54,59)(H,55,61)(H,62,63)/t31?,34-/m0/s1. The molecule has 1 unspecified atom stereocenters. The molecule has 3 amide bonds. The molecule has 1 aliphatic rings. The number of amides is 3. The van der Waals surface area contributed by atoms with E-state index in [1.165, 1.54) is 47.0 Å². The van der Waals surface area contributed by atoms with Gasteiger partial charge in [0, 0.05) is 84.1 Å². The van der Waals surface area contributed by atoms with E-state index in [2.05, 4.69) is 30.6 Å². The van der Waals surface area contributed by atoms with Crippen molar-refractivity contribution in [3.8, 4) is 34.2 Å². The lowest BCUT2D eigenvalue weighted by atomic mass is 9.98. The second-order valence-corrected chi connectivity index (χ2v) is 18.1. The molecule has 2 atom stereocenters. The van der Waals surface area contributed by atoms with Gasteiger partial charge in [0.15, 0.2) is 0 Å². The summed E-state index contributed by atoms with van der Waals surface area (Å²) in [5.41, 5.74) is 11.5. The maximum absolute atomic E-state index is 13.7. The quantitative estimate of drug-likeness (QED) is 0.0372. The third kappa shape index (κ3) is 14.5. The first kappa shape index (κ1) is 51.0. The summed E-state index contributed by atoms with van der Waals surface area (Å²) in [6, 6.07) is 16.2. The van der Waals surface area contributed by atoms with Gasteiger partial charge >= 0.3 is 12.1 Å². The van der Waals surface area contributed by atoms with Gasteiger partial charge in [-0.2, -0.15) is 5.26 Å². The van der Waals surface area contributed by atoms with Crippen molar-refractivity contribution in [3.63, 3.8) is 0 Å². The molecule has 0 bridgehead atoms. The number of likely N-dealkylation sites (tertiary alicyclic amines) is 1. The minimum Gasteiger partial charge on any atom is -0.481 e. The summed E-state index contributed by atoms with van der Waals surface area (Å²) in [5.74, 6) is -7.16. The topological polar surface area (TPSA) is 279 Å². The van der Waals surface area contributed by atoms with Crippen molar-refractivity contribution in [1.29, 1.82) is 5.26 Å². The highest BCUT2D eigenvalue weighted by Crippen LogP contribution is 2.34. The number of aliphatic carboxylic acids is 1. The first-order valence-corrected chi connectivity index (χ1v) is 23.6. The van der Waals surface area contributed by atoms with Gasteiger partial charge in [-0.1, -0.05) is 33.7 Å². The van der Waals surface area contributed by atoms with Crippen molar-refractivity contribution in [2.75, 3.05) is 44.0 Å². The van der Waals surface area contributed by atoms with E-state index >= 15 is 0 Å². The van der Waals surface area contributed by atoms with E-state index in [1.54, 1.807) is 36.8 Å². The van der Waals surface area contributed by atoms with Gasteiger partial charge in [-0.25, -0.2) is 18.6 Å².